The van der Waals surface area contributed by atoms with Crippen LogP contribution in [0.15, 0.2) is 42.5 Å². The van der Waals surface area contributed by atoms with Crippen LogP contribution in [-0.2, 0) is 9.47 Å². The van der Waals surface area contributed by atoms with Crippen molar-refractivity contribution in [3.05, 3.63) is 64.7 Å². The quantitative estimate of drug-likeness (QED) is 0.730. The monoisotopic (exact) mass is 405 g/mol. The first-order valence-electron chi connectivity index (χ1n) is 10.9. The number of hydrogen-bond acceptors (Lipinski definition) is 5. The Morgan fingerprint density at radius 1 is 1.03 bits per heavy atom. The molecule has 0 spiro atoms. The van der Waals surface area contributed by atoms with E-state index in [1.54, 1.807) is 0 Å². The van der Waals surface area contributed by atoms with Crippen molar-refractivity contribution in [2.75, 3.05) is 19.0 Å². The standard InChI is InChI=1S/C25H27NO4/c1-3-30-25(28)19-6-4-5-18-20-16-11-12-17(13-16)21(20)22(26-23(18)19)14-7-9-15(10-8-14)24(27)29-2/h4-10,16-17,20-22,26H,3,11-13H2,1-2H3/t16-,17-,20-,21-,22+/m0/s1. The van der Waals surface area contributed by atoms with Crippen molar-refractivity contribution < 1.29 is 19.1 Å². The zero-order valence-corrected chi connectivity index (χ0v) is 17.4. The second kappa shape index (κ2) is 7.46. The lowest BCUT2D eigenvalue weighted by molar-refractivity contribution is 0.0525. The number of benzene rings is 2. The van der Waals surface area contributed by atoms with E-state index in [0.29, 0.717) is 41.4 Å². The molecule has 1 aliphatic heterocycles. The third-order valence-electron chi connectivity index (χ3n) is 7.31. The van der Waals surface area contributed by atoms with Gasteiger partial charge in [-0.1, -0.05) is 24.3 Å². The molecule has 5 heteroatoms. The third-order valence-corrected chi connectivity index (χ3v) is 7.31. The molecule has 0 aromatic heterocycles. The van der Waals surface area contributed by atoms with Crippen molar-refractivity contribution in [2.24, 2.45) is 17.8 Å². The van der Waals surface area contributed by atoms with E-state index in [1.165, 1.54) is 31.9 Å². The van der Waals surface area contributed by atoms with Gasteiger partial charge in [-0.3, -0.25) is 0 Å². The van der Waals surface area contributed by atoms with Crippen molar-refractivity contribution >= 4 is 17.6 Å². The molecule has 0 saturated heterocycles. The van der Waals surface area contributed by atoms with Gasteiger partial charge in [0.05, 0.1) is 36.6 Å². The summed E-state index contributed by atoms with van der Waals surface area (Å²) < 4.78 is 10.2. The van der Waals surface area contributed by atoms with Crippen LogP contribution in [0, 0.1) is 17.8 Å². The molecule has 30 heavy (non-hydrogen) atoms. The molecule has 2 aliphatic carbocycles. The summed E-state index contributed by atoms with van der Waals surface area (Å²) in [5.41, 5.74) is 4.50. The summed E-state index contributed by atoms with van der Waals surface area (Å²) in [5, 5.41) is 3.72. The summed E-state index contributed by atoms with van der Waals surface area (Å²) in [4.78, 5) is 24.5. The molecule has 5 atom stereocenters. The van der Waals surface area contributed by atoms with E-state index in [4.69, 9.17) is 9.47 Å². The van der Waals surface area contributed by atoms with Gasteiger partial charge in [0.25, 0.3) is 0 Å². The maximum Gasteiger partial charge on any atom is 0.340 e. The summed E-state index contributed by atoms with van der Waals surface area (Å²) in [7, 11) is 1.40. The smallest absolute Gasteiger partial charge is 0.340 e. The van der Waals surface area contributed by atoms with Gasteiger partial charge in [0, 0.05) is 0 Å². The SMILES string of the molecule is CCOC(=O)c1cccc2c1N[C@H](c1ccc(C(=O)OC)cc1)[C@H]1[C@H]3CC[C@@H](C3)[C@@H]21. The highest BCUT2D eigenvalue weighted by Crippen LogP contribution is 2.64. The Labute approximate surface area is 176 Å². The summed E-state index contributed by atoms with van der Waals surface area (Å²) in [5.74, 6) is 1.72. The van der Waals surface area contributed by atoms with Gasteiger partial charge >= 0.3 is 11.9 Å². The minimum atomic E-state index is -0.328. The summed E-state index contributed by atoms with van der Waals surface area (Å²) >= 11 is 0. The molecule has 156 valence electrons. The molecule has 1 N–H and O–H groups in total. The van der Waals surface area contributed by atoms with Gasteiger partial charge in [-0.2, -0.15) is 0 Å². The normalized spacial score (nSPS) is 28.3. The van der Waals surface area contributed by atoms with Gasteiger partial charge in [0.15, 0.2) is 0 Å². The highest BCUT2D eigenvalue weighted by atomic mass is 16.5. The first kappa shape index (κ1) is 19.2. The number of hydrogen-bond donors (Lipinski definition) is 1. The Balaban J connectivity index is 1.57. The van der Waals surface area contributed by atoms with Gasteiger partial charge in [0.1, 0.15) is 0 Å². The Kier molecular flexibility index (Phi) is 4.76. The first-order chi connectivity index (χ1) is 14.6. The van der Waals surface area contributed by atoms with Gasteiger partial charge in [-0.25, -0.2) is 9.59 Å². The molecule has 2 fully saturated rings. The molecule has 0 radical (unpaired) electrons. The van der Waals surface area contributed by atoms with Crippen LogP contribution in [0.25, 0.3) is 0 Å². The fourth-order valence-corrected chi connectivity index (χ4v) is 6.17. The number of rotatable bonds is 4. The second-order valence-corrected chi connectivity index (χ2v) is 8.66. The predicted octanol–water partition coefficient (Wildman–Crippen LogP) is 4.95. The molecule has 2 aromatic rings. The molecular formula is C25H27NO4. The van der Waals surface area contributed by atoms with Crippen LogP contribution in [-0.4, -0.2) is 25.7 Å². The molecule has 0 unspecified atom stereocenters. The number of nitrogens with one attached hydrogen (secondary N) is 1. The first-order valence-corrected chi connectivity index (χ1v) is 10.9. The molecule has 1 heterocycles. The fraction of sp³-hybridized carbons (Fsp3) is 0.440. The Morgan fingerprint density at radius 2 is 1.80 bits per heavy atom. The summed E-state index contributed by atoms with van der Waals surface area (Å²) in [6.45, 7) is 2.19. The van der Waals surface area contributed by atoms with Crippen molar-refractivity contribution in [3.8, 4) is 0 Å². The van der Waals surface area contributed by atoms with Crippen LogP contribution < -0.4 is 5.32 Å². The predicted molar refractivity (Wildman–Crippen MR) is 114 cm³/mol. The average Bonchev–Trinajstić information content (AvgIpc) is 3.40. The van der Waals surface area contributed by atoms with Crippen molar-refractivity contribution in [1.82, 2.24) is 0 Å². The lowest BCUT2D eigenvalue weighted by atomic mass is 9.67. The van der Waals surface area contributed by atoms with Crippen LogP contribution in [0.1, 0.15) is 70.0 Å². The van der Waals surface area contributed by atoms with Crippen LogP contribution in [0.3, 0.4) is 0 Å². The van der Waals surface area contributed by atoms with Gasteiger partial charge < -0.3 is 14.8 Å². The van der Waals surface area contributed by atoms with Crippen molar-refractivity contribution in [1.29, 1.82) is 0 Å². The molecule has 5 nitrogen and oxygen atoms in total. The Morgan fingerprint density at radius 3 is 2.53 bits per heavy atom. The molecule has 5 rings (SSSR count). The molecule has 2 saturated carbocycles. The summed E-state index contributed by atoms with van der Waals surface area (Å²) in [6.07, 6.45) is 3.80. The third kappa shape index (κ3) is 2.91. The van der Waals surface area contributed by atoms with Crippen LogP contribution in [0.2, 0.25) is 0 Å². The molecule has 3 aliphatic rings. The highest BCUT2D eigenvalue weighted by Gasteiger charge is 2.54. The van der Waals surface area contributed by atoms with E-state index >= 15 is 0 Å². The number of fused-ring (bicyclic) bond motifs is 7. The van der Waals surface area contributed by atoms with E-state index in [9.17, 15) is 9.59 Å². The number of para-hydroxylation sites is 1. The maximum atomic E-state index is 12.7. The van der Waals surface area contributed by atoms with E-state index in [0.717, 1.165) is 11.3 Å². The highest BCUT2D eigenvalue weighted by molar-refractivity contribution is 5.97. The number of carbonyl (C=O) groups is 2. The zero-order valence-electron chi connectivity index (χ0n) is 17.4. The van der Waals surface area contributed by atoms with E-state index in [1.807, 2.05) is 43.3 Å². The maximum absolute atomic E-state index is 12.7. The number of esters is 2. The van der Waals surface area contributed by atoms with Crippen LogP contribution >= 0.6 is 0 Å². The van der Waals surface area contributed by atoms with E-state index in [2.05, 4.69) is 11.4 Å². The van der Waals surface area contributed by atoms with Gasteiger partial charge in [-0.05, 0) is 79.2 Å². The van der Waals surface area contributed by atoms with Crippen molar-refractivity contribution in [3.63, 3.8) is 0 Å². The second-order valence-electron chi connectivity index (χ2n) is 8.66. The minimum Gasteiger partial charge on any atom is -0.465 e. The minimum absolute atomic E-state index is 0.111. The number of carbonyl (C=O) groups excluding carboxylic acids is 2. The topological polar surface area (TPSA) is 64.6 Å². The van der Waals surface area contributed by atoms with Gasteiger partial charge in [0.2, 0.25) is 0 Å². The fourth-order valence-electron chi connectivity index (χ4n) is 6.17. The molecule has 0 amide bonds. The molecule has 2 bridgehead atoms. The van der Waals surface area contributed by atoms with E-state index in [-0.39, 0.29) is 18.0 Å². The molecule has 2 aromatic carbocycles. The number of methoxy groups -OCH3 is 1. The average molecular weight is 405 g/mol. The zero-order chi connectivity index (χ0) is 20.8. The van der Waals surface area contributed by atoms with Crippen molar-refractivity contribution in [2.45, 2.75) is 38.1 Å². The Hall–Kier alpha value is -2.82. The van der Waals surface area contributed by atoms with Crippen LogP contribution in [0.5, 0.6) is 0 Å². The number of anilines is 1. The summed E-state index contributed by atoms with van der Waals surface area (Å²) in [6, 6.07) is 13.8. The lowest BCUT2D eigenvalue weighted by Crippen LogP contribution is -2.36. The molecular weight excluding hydrogens is 378 g/mol. The largest absolute Gasteiger partial charge is 0.465 e. The lowest BCUT2D eigenvalue weighted by Gasteiger charge is -2.44. The Bertz CT molecular complexity index is 983. The number of ether oxygens (including phenoxy) is 2. The van der Waals surface area contributed by atoms with E-state index < -0.39 is 0 Å². The van der Waals surface area contributed by atoms with Gasteiger partial charge in [-0.15, -0.1) is 0 Å². The van der Waals surface area contributed by atoms with Crippen LogP contribution in [0.4, 0.5) is 5.69 Å².